The van der Waals surface area contributed by atoms with Crippen molar-refractivity contribution in [3.63, 3.8) is 0 Å². The third-order valence-corrected chi connectivity index (χ3v) is 8.67. The van der Waals surface area contributed by atoms with Crippen LogP contribution in [0.5, 0.6) is 0 Å². The predicted octanol–water partition coefficient (Wildman–Crippen LogP) is 2.69. The van der Waals surface area contributed by atoms with Crippen LogP contribution in [0.4, 0.5) is 0 Å². The van der Waals surface area contributed by atoms with Crippen LogP contribution in [-0.4, -0.2) is 22.8 Å². The zero-order valence-electron chi connectivity index (χ0n) is 8.93. The van der Waals surface area contributed by atoms with Crippen molar-refractivity contribution < 1.29 is 8.85 Å². The van der Waals surface area contributed by atoms with Crippen molar-refractivity contribution in [2.75, 3.05) is 14.2 Å². The normalized spacial score (nSPS) is 38.5. The summed E-state index contributed by atoms with van der Waals surface area (Å²) < 4.78 is 11.4. The van der Waals surface area contributed by atoms with Gasteiger partial charge >= 0.3 is 8.56 Å². The zero-order valence-corrected chi connectivity index (χ0v) is 9.93. The van der Waals surface area contributed by atoms with Crippen molar-refractivity contribution in [2.45, 2.75) is 43.7 Å². The highest BCUT2D eigenvalue weighted by atomic mass is 28.4. The molecule has 0 unspecified atom stereocenters. The molecule has 0 aromatic rings. The molecule has 0 saturated heterocycles. The molecule has 76 valence electrons. The molecule has 2 fully saturated rings. The molecule has 0 aromatic heterocycles. The first-order chi connectivity index (χ1) is 6.16. The molecule has 0 N–H and O–H groups in total. The summed E-state index contributed by atoms with van der Waals surface area (Å²) in [6.45, 7) is 2.24. The maximum Gasteiger partial charge on any atom is 0.340 e. The minimum Gasteiger partial charge on any atom is -0.397 e. The van der Waals surface area contributed by atoms with E-state index in [4.69, 9.17) is 8.85 Å². The molecule has 0 atom stereocenters. The first-order valence-corrected chi connectivity index (χ1v) is 7.58. The van der Waals surface area contributed by atoms with Crippen LogP contribution in [0.1, 0.15) is 32.1 Å². The van der Waals surface area contributed by atoms with Gasteiger partial charge in [0, 0.05) is 19.3 Å². The SMILES string of the molecule is CO[Si](C)(OC)C12CCC(CC1)C2. The minimum atomic E-state index is -1.87. The van der Waals surface area contributed by atoms with E-state index in [1.54, 1.807) is 0 Å². The van der Waals surface area contributed by atoms with Gasteiger partial charge < -0.3 is 8.85 Å². The molecule has 2 aliphatic rings. The number of hydrogen-bond donors (Lipinski definition) is 0. The van der Waals surface area contributed by atoms with Crippen LogP contribution in [0, 0.1) is 5.92 Å². The maximum atomic E-state index is 5.71. The van der Waals surface area contributed by atoms with E-state index in [1.807, 2.05) is 14.2 Å². The van der Waals surface area contributed by atoms with Gasteiger partial charge in [0.15, 0.2) is 0 Å². The summed E-state index contributed by atoms with van der Waals surface area (Å²) in [5.41, 5.74) is 0. The summed E-state index contributed by atoms with van der Waals surface area (Å²) in [7, 11) is 1.79. The van der Waals surface area contributed by atoms with E-state index in [0.29, 0.717) is 5.04 Å². The summed E-state index contributed by atoms with van der Waals surface area (Å²) in [6, 6.07) is 0. The van der Waals surface area contributed by atoms with Gasteiger partial charge in [0.1, 0.15) is 0 Å². The predicted molar refractivity (Wildman–Crippen MR) is 54.9 cm³/mol. The maximum absolute atomic E-state index is 5.71. The van der Waals surface area contributed by atoms with Crippen molar-refractivity contribution >= 4 is 8.56 Å². The second-order valence-electron chi connectivity index (χ2n) is 4.78. The van der Waals surface area contributed by atoms with Crippen LogP contribution in [-0.2, 0) is 8.85 Å². The molecule has 0 radical (unpaired) electrons. The van der Waals surface area contributed by atoms with E-state index < -0.39 is 8.56 Å². The van der Waals surface area contributed by atoms with E-state index >= 15 is 0 Å². The first kappa shape index (κ1) is 9.68. The quantitative estimate of drug-likeness (QED) is 0.652. The van der Waals surface area contributed by atoms with Gasteiger partial charge in [-0.05, 0) is 31.7 Å². The average Bonchev–Trinajstić information content (AvgIpc) is 2.77. The molecular formula is C10H20O2Si. The van der Waals surface area contributed by atoms with Crippen LogP contribution >= 0.6 is 0 Å². The van der Waals surface area contributed by atoms with Gasteiger partial charge in [0.05, 0.1) is 0 Å². The van der Waals surface area contributed by atoms with Gasteiger partial charge in [0.2, 0.25) is 0 Å². The van der Waals surface area contributed by atoms with Crippen LogP contribution in [0.15, 0.2) is 0 Å². The Hall–Kier alpha value is 0.137. The Morgan fingerprint density at radius 2 is 1.69 bits per heavy atom. The monoisotopic (exact) mass is 200 g/mol. The lowest BCUT2D eigenvalue weighted by molar-refractivity contribution is 0.208. The highest BCUT2D eigenvalue weighted by Crippen LogP contribution is 2.64. The lowest BCUT2D eigenvalue weighted by atomic mass is 10.0. The van der Waals surface area contributed by atoms with Gasteiger partial charge in [-0.2, -0.15) is 0 Å². The van der Waals surface area contributed by atoms with Crippen molar-refractivity contribution in [1.29, 1.82) is 0 Å². The van der Waals surface area contributed by atoms with Gasteiger partial charge in [-0.25, -0.2) is 0 Å². The molecule has 0 aliphatic heterocycles. The minimum absolute atomic E-state index is 0.459. The molecule has 0 amide bonds. The number of fused-ring (bicyclic) bond motifs is 2. The van der Waals surface area contributed by atoms with Crippen LogP contribution < -0.4 is 0 Å². The standard InChI is InChI=1S/C10H20O2Si/c1-11-13(3,12-2)10-6-4-9(8-10)5-7-10/h9H,4-8H2,1-3H3. The Balaban J connectivity index is 2.22. The topological polar surface area (TPSA) is 18.5 Å². The molecule has 2 bridgehead atoms. The number of hydrogen-bond acceptors (Lipinski definition) is 2. The second-order valence-corrected chi connectivity index (χ2v) is 8.55. The van der Waals surface area contributed by atoms with Crippen molar-refractivity contribution in [3.8, 4) is 0 Å². The Bertz CT molecular complexity index is 193. The molecule has 13 heavy (non-hydrogen) atoms. The summed E-state index contributed by atoms with van der Waals surface area (Å²) in [4.78, 5) is 0. The molecular weight excluding hydrogens is 180 g/mol. The molecule has 2 aliphatic carbocycles. The van der Waals surface area contributed by atoms with E-state index in [2.05, 4.69) is 6.55 Å². The fourth-order valence-corrected chi connectivity index (χ4v) is 6.24. The van der Waals surface area contributed by atoms with E-state index in [0.717, 1.165) is 5.92 Å². The second kappa shape index (κ2) is 3.07. The highest BCUT2D eigenvalue weighted by Gasteiger charge is 2.59. The summed E-state index contributed by atoms with van der Waals surface area (Å²) >= 11 is 0. The lowest BCUT2D eigenvalue weighted by Gasteiger charge is -2.40. The Morgan fingerprint density at radius 3 is 2.00 bits per heavy atom. The number of rotatable bonds is 3. The average molecular weight is 200 g/mol. The summed E-state index contributed by atoms with van der Waals surface area (Å²) in [6.07, 6.45) is 6.90. The summed E-state index contributed by atoms with van der Waals surface area (Å²) in [5, 5.41) is 0.459. The lowest BCUT2D eigenvalue weighted by Crippen LogP contribution is -2.47. The fraction of sp³-hybridized carbons (Fsp3) is 1.00. The van der Waals surface area contributed by atoms with Crippen LogP contribution in [0.3, 0.4) is 0 Å². The molecule has 3 heteroatoms. The van der Waals surface area contributed by atoms with Crippen LogP contribution in [0.25, 0.3) is 0 Å². The molecule has 2 rings (SSSR count). The van der Waals surface area contributed by atoms with Gasteiger partial charge in [-0.3, -0.25) is 0 Å². The smallest absolute Gasteiger partial charge is 0.340 e. The molecule has 2 saturated carbocycles. The largest absolute Gasteiger partial charge is 0.397 e. The Morgan fingerprint density at radius 1 is 1.15 bits per heavy atom. The van der Waals surface area contributed by atoms with Crippen molar-refractivity contribution in [1.82, 2.24) is 0 Å². The third kappa shape index (κ3) is 1.21. The molecule has 0 spiro atoms. The highest BCUT2D eigenvalue weighted by molar-refractivity contribution is 6.69. The zero-order chi connectivity index (χ0) is 9.53. The Labute approximate surface area is 81.9 Å². The first-order valence-electron chi connectivity index (χ1n) is 5.26. The van der Waals surface area contributed by atoms with Crippen molar-refractivity contribution in [2.24, 2.45) is 5.92 Å². The van der Waals surface area contributed by atoms with Crippen molar-refractivity contribution in [3.05, 3.63) is 0 Å². The van der Waals surface area contributed by atoms with E-state index in [1.165, 1.54) is 32.1 Å². The van der Waals surface area contributed by atoms with E-state index in [-0.39, 0.29) is 0 Å². The van der Waals surface area contributed by atoms with Gasteiger partial charge in [-0.15, -0.1) is 0 Å². The van der Waals surface area contributed by atoms with Gasteiger partial charge in [0.25, 0.3) is 0 Å². The fourth-order valence-electron chi connectivity index (χ4n) is 3.35. The Kier molecular flexibility index (Phi) is 2.29. The molecule has 0 aromatic carbocycles. The third-order valence-electron chi connectivity index (χ3n) is 4.48. The molecule has 2 nitrogen and oxygen atoms in total. The van der Waals surface area contributed by atoms with E-state index in [9.17, 15) is 0 Å². The summed E-state index contributed by atoms with van der Waals surface area (Å²) in [5.74, 6) is 0.983. The van der Waals surface area contributed by atoms with Gasteiger partial charge in [-0.1, -0.05) is 12.8 Å². The van der Waals surface area contributed by atoms with Crippen LogP contribution in [0.2, 0.25) is 11.6 Å². The molecule has 0 heterocycles.